The van der Waals surface area contributed by atoms with Crippen molar-refractivity contribution >= 4 is 5.97 Å². The summed E-state index contributed by atoms with van der Waals surface area (Å²) in [5, 5.41) is 11.7. The molecule has 0 aromatic heterocycles. The van der Waals surface area contributed by atoms with E-state index in [4.69, 9.17) is 5.11 Å². The number of rotatable bonds is 8. The Morgan fingerprint density at radius 3 is 2.54 bits per heavy atom. The first-order valence-corrected chi connectivity index (χ1v) is 5.05. The van der Waals surface area contributed by atoms with E-state index in [9.17, 15) is 4.79 Å². The van der Waals surface area contributed by atoms with Crippen LogP contribution in [0.5, 0.6) is 0 Å². The molecule has 0 radical (unpaired) electrons. The van der Waals surface area contributed by atoms with Crippen LogP contribution < -0.4 is 5.32 Å². The van der Waals surface area contributed by atoms with Crippen LogP contribution >= 0.6 is 0 Å². The highest BCUT2D eigenvalue weighted by atomic mass is 16.4. The number of hydrogen-bond donors (Lipinski definition) is 2. The fourth-order valence-electron chi connectivity index (χ4n) is 1.09. The third-order valence-corrected chi connectivity index (χ3v) is 1.80. The molecule has 0 saturated heterocycles. The summed E-state index contributed by atoms with van der Waals surface area (Å²) in [4.78, 5) is 10.2. The smallest absolute Gasteiger partial charge is 0.303 e. The van der Waals surface area contributed by atoms with Crippen LogP contribution in [0.1, 0.15) is 39.5 Å². The minimum absolute atomic E-state index is 0.310. The van der Waals surface area contributed by atoms with Gasteiger partial charge in [0.2, 0.25) is 0 Å². The fourth-order valence-corrected chi connectivity index (χ4v) is 1.09. The zero-order chi connectivity index (χ0) is 10.1. The van der Waals surface area contributed by atoms with E-state index in [-0.39, 0.29) is 0 Å². The topological polar surface area (TPSA) is 49.3 Å². The normalized spacial score (nSPS) is 10.7. The second-order valence-corrected chi connectivity index (χ2v) is 3.80. The van der Waals surface area contributed by atoms with Gasteiger partial charge >= 0.3 is 5.97 Å². The van der Waals surface area contributed by atoms with E-state index < -0.39 is 5.97 Å². The van der Waals surface area contributed by atoms with Gasteiger partial charge in [-0.1, -0.05) is 20.3 Å². The molecule has 3 nitrogen and oxygen atoms in total. The van der Waals surface area contributed by atoms with Crippen LogP contribution in [-0.2, 0) is 4.79 Å². The van der Waals surface area contributed by atoms with E-state index in [1.54, 1.807) is 0 Å². The average Bonchev–Trinajstić information content (AvgIpc) is 2.01. The molecular formula is C10H21NO2. The first-order chi connectivity index (χ1) is 6.13. The third-order valence-electron chi connectivity index (χ3n) is 1.80. The summed E-state index contributed by atoms with van der Waals surface area (Å²) in [7, 11) is 0. The zero-order valence-corrected chi connectivity index (χ0v) is 8.68. The van der Waals surface area contributed by atoms with Gasteiger partial charge in [-0.15, -0.1) is 0 Å². The van der Waals surface area contributed by atoms with Gasteiger partial charge in [0, 0.05) is 6.42 Å². The zero-order valence-electron chi connectivity index (χ0n) is 8.68. The van der Waals surface area contributed by atoms with Gasteiger partial charge < -0.3 is 10.4 Å². The summed E-state index contributed by atoms with van der Waals surface area (Å²) >= 11 is 0. The van der Waals surface area contributed by atoms with Gasteiger partial charge in [-0.05, 0) is 31.8 Å². The Morgan fingerprint density at radius 2 is 2.00 bits per heavy atom. The predicted molar refractivity (Wildman–Crippen MR) is 53.8 cm³/mol. The van der Waals surface area contributed by atoms with Crippen molar-refractivity contribution in [1.82, 2.24) is 5.32 Å². The van der Waals surface area contributed by atoms with Gasteiger partial charge in [-0.2, -0.15) is 0 Å². The number of hydrogen-bond acceptors (Lipinski definition) is 2. The van der Waals surface area contributed by atoms with Crippen LogP contribution in [0.15, 0.2) is 0 Å². The molecule has 78 valence electrons. The monoisotopic (exact) mass is 187 g/mol. The standard InChI is InChI=1S/C10H21NO2/c1-9(2)8-11-7-5-3-4-6-10(12)13/h9,11H,3-8H2,1-2H3,(H,12,13). The van der Waals surface area contributed by atoms with E-state index in [1.807, 2.05) is 0 Å². The van der Waals surface area contributed by atoms with Crippen molar-refractivity contribution in [1.29, 1.82) is 0 Å². The van der Waals surface area contributed by atoms with Crippen LogP contribution in [0, 0.1) is 5.92 Å². The van der Waals surface area contributed by atoms with Crippen molar-refractivity contribution in [2.45, 2.75) is 39.5 Å². The maximum absolute atomic E-state index is 10.2. The summed E-state index contributed by atoms with van der Waals surface area (Å²) in [5.41, 5.74) is 0. The van der Waals surface area contributed by atoms with E-state index in [0.717, 1.165) is 32.4 Å². The maximum atomic E-state index is 10.2. The lowest BCUT2D eigenvalue weighted by Gasteiger charge is -2.06. The van der Waals surface area contributed by atoms with Crippen molar-refractivity contribution in [3.63, 3.8) is 0 Å². The predicted octanol–water partition coefficient (Wildman–Crippen LogP) is 1.88. The molecule has 0 aliphatic rings. The van der Waals surface area contributed by atoms with Crippen molar-refractivity contribution in [3.8, 4) is 0 Å². The molecule has 3 heteroatoms. The number of carbonyl (C=O) groups is 1. The lowest BCUT2D eigenvalue weighted by Crippen LogP contribution is -2.20. The first-order valence-electron chi connectivity index (χ1n) is 5.05. The Balaban J connectivity index is 2.96. The van der Waals surface area contributed by atoms with E-state index >= 15 is 0 Å². The van der Waals surface area contributed by atoms with Gasteiger partial charge in [0.25, 0.3) is 0 Å². The minimum Gasteiger partial charge on any atom is -0.481 e. The summed E-state index contributed by atoms with van der Waals surface area (Å²) < 4.78 is 0. The molecule has 0 unspecified atom stereocenters. The van der Waals surface area contributed by atoms with Crippen molar-refractivity contribution in [2.24, 2.45) is 5.92 Å². The molecule has 0 saturated carbocycles. The molecule has 0 heterocycles. The summed E-state index contributed by atoms with van der Waals surface area (Å²) in [6.45, 7) is 6.42. The van der Waals surface area contributed by atoms with Crippen LogP contribution in [0.2, 0.25) is 0 Å². The molecule has 0 amide bonds. The van der Waals surface area contributed by atoms with Crippen molar-refractivity contribution in [3.05, 3.63) is 0 Å². The third kappa shape index (κ3) is 11.4. The molecule has 13 heavy (non-hydrogen) atoms. The van der Waals surface area contributed by atoms with Gasteiger partial charge in [0.15, 0.2) is 0 Å². The Hall–Kier alpha value is -0.570. The van der Waals surface area contributed by atoms with Crippen LogP contribution in [0.25, 0.3) is 0 Å². The van der Waals surface area contributed by atoms with E-state index in [0.29, 0.717) is 12.3 Å². The number of carboxylic acids is 1. The van der Waals surface area contributed by atoms with Gasteiger partial charge in [-0.3, -0.25) is 4.79 Å². The number of nitrogens with one attached hydrogen (secondary N) is 1. The Bertz CT molecular complexity index is 135. The Kier molecular flexibility index (Phi) is 7.69. The van der Waals surface area contributed by atoms with Crippen LogP contribution in [0.4, 0.5) is 0 Å². The molecule has 0 aromatic rings. The van der Waals surface area contributed by atoms with Gasteiger partial charge in [-0.25, -0.2) is 0 Å². The maximum Gasteiger partial charge on any atom is 0.303 e. The van der Waals surface area contributed by atoms with Gasteiger partial charge in [0.05, 0.1) is 0 Å². The molecule has 0 fully saturated rings. The highest BCUT2D eigenvalue weighted by molar-refractivity contribution is 5.66. The van der Waals surface area contributed by atoms with Gasteiger partial charge in [0.1, 0.15) is 0 Å². The van der Waals surface area contributed by atoms with Crippen molar-refractivity contribution < 1.29 is 9.90 Å². The number of carboxylic acid groups (broad SMARTS) is 1. The van der Waals surface area contributed by atoms with E-state index in [1.165, 1.54) is 0 Å². The molecule has 0 bridgehead atoms. The molecule has 2 N–H and O–H groups in total. The molecule has 0 aliphatic carbocycles. The fraction of sp³-hybridized carbons (Fsp3) is 0.900. The second kappa shape index (κ2) is 8.05. The second-order valence-electron chi connectivity index (χ2n) is 3.80. The lowest BCUT2D eigenvalue weighted by molar-refractivity contribution is -0.137. The SMILES string of the molecule is CC(C)CNCCCCCC(=O)O. The molecule has 0 atom stereocenters. The molecule has 0 aromatic carbocycles. The molecule has 0 aliphatic heterocycles. The first kappa shape index (κ1) is 12.4. The van der Waals surface area contributed by atoms with Crippen LogP contribution in [-0.4, -0.2) is 24.2 Å². The quantitative estimate of drug-likeness (QED) is 0.570. The summed E-state index contributed by atoms with van der Waals surface area (Å²) in [6.07, 6.45) is 3.21. The molecule has 0 spiro atoms. The van der Waals surface area contributed by atoms with Crippen molar-refractivity contribution in [2.75, 3.05) is 13.1 Å². The number of unbranched alkanes of at least 4 members (excludes halogenated alkanes) is 2. The Morgan fingerprint density at radius 1 is 1.31 bits per heavy atom. The highest BCUT2D eigenvalue weighted by Crippen LogP contribution is 1.98. The highest BCUT2D eigenvalue weighted by Gasteiger charge is 1.96. The lowest BCUT2D eigenvalue weighted by atomic mass is 10.2. The Labute approximate surface area is 80.5 Å². The average molecular weight is 187 g/mol. The largest absolute Gasteiger partial charge is 0.481 e. The minimum atomic E-state index is -0.685. The summed E-state index contributed by atoms with van der Waals surface area (Å²) in [5.74, 6) is 0.00848. The summed E-state index contributed by atoms with van der Waals surface area (Å²) in [6, 6.07) is 0. The number of aliphatic carboxylic acids is 1. The van der Waals surface area contributed by atoms with Crippen LogP contribution in [0.3, 0.4) is 0 Å². The molecular weight excluding hydrogens is 166 g/mol. The van der Waals surface area contributed by atoms with E-state index in [2.05, 4.69) is 19.2 Å². The molecule has 0 rings (SSSR count).